The second-order valence-corrected chi connectivity index (χ2v) is 2.68. The van der Waals surface area contributed by atoms with Crippen molar-refractivity contribution in [2.75, 3.05) is 32.8 Å². The van der Waals surface area contributed by atoms with Gasteiger partial charge in [0.1, 0.15) is 0 Å². The Balaban J connectivity index is 2.05. The first-order valence-corrected chi connectivity index (χ1v) is 4.19. The van der Waals surface area contributed by atoms with Gasteiger partial charge in [0.25, 0.3) is 0 Å². The molecule has 1 aliphatic heterocycles. The number of ether oxygens (including phenoxy) is 1. The first-order valence-electron chi connectivity index (χ1n) is 4.19. The minimum absolute atomic E-state index is 0.569. The van der Waals surface area contributed by atoms with Crippen molar-refractivity contribution in [3.8, 4) is 0 Å². The number of hydrogen-bond acceptors (Lipinski definition) is 3. The number of nitrogens with zero attached hydrogens (tertiary/aromatic N) is 2. The summed E-state index contributed by atoms with van der Waals surface area (Å²) in [5.41, 5.74) is 0. The first kappa shape index (κ1) is 9.35. The van der Waals surface area contributed by atoms with E-state index in [1.54, 1.807) is 6.21 Å². The van der Waals surface area contributed by atoms with Crippen LogP contribution in [0.5, 0.6) is 0 Å². The average Bonchev–Trinajstić information content (AvgIpc) is 2.14. The van der Waals surface area contributed by atoms with Crippen LogP contribution in [0, 0.1) is 0 Å². The van der Waals surface area contributed by atoms with Gasteiger partial charge in [-0.1, -0.05) is 0 Å². The fraction of sp³-hybridized carbons (Fsp3) is 0.750. The molecule has 1 amide bonds. The molecular weight excluding hydrogens is 156 g/mol. The molecule has 0 aromatic carbocycles. The molecular formula is C8H14N2O2. The van der Waals surface area contributed by atoms with Crippen molar-refractivity contribution in [1.29, 1.82) is 0 Å². The van der Waals surface area contributed by atoms with E-state index in [2.05, 4.69) is 9.89 Å². The van der Waals surface area contributed by atoms with E-state index in [1.807, 2.05) is 0 Å². The zero-order chi connectivity index (χ0) is 8.65. The predicted molar refractivity (Wildman–Crippen MR) is 46.4 cm³/mol. The number of carbonyl (C=O) groups excluding carboxylic acids is 1. The molecule has 0 radical (unpaired) electrons. The highest BCUT2D eigenvalue weighted by atomic mass is 16.5. The zero-order valence-electron chi connectivity index (χ0n) is 7.11. The summed E-state index contributed by atoms with van der Waals surface area (Å²) in [6.07, 6.45) is 3.07. The molecule has 12 heavy (non-hydrogen) atoms. The first-order chi connectivity index (χ1) is 5.93. The largest absolute Gasteiger partial charge is 0.379 e. The van der Waals surface area contributed by atoms with Gasteiger partial charge in [-0.05, 0) is 6.42 Å². The molecule has 0 unspecified atom stereocenters. The lowest BCUT2D eigenvalue weighted by Gasteiger charge is -2.25. The Morgan fingerprint density at radius 1 is 1.42 bits per heavy atom. The van der Waals surface area contributed by atoms with E-state index in [4.69, 9.17) is 4.74 Å². The Kier molecular flexibility index (Phi) is 4.56. The molecule has 4 nitrogen and oxygen atoms in total. The Morgan fingerprint density at radius 2 is 2.17 bits per heavy atom. The maximum Gasteiger partial charge on any atom is 0.232 e. The lowest BCUT2D eigenvalue weighted by atomic mass is 10.3. The third-order valence-electron chi connectivity index (χ3n) is 1.84. The minimum Gasteiger partial charge on any atom is -0.379 e. The Morgan fingerprint density at radius 3 is 2.83 bits per heavy atom. The van der Waals surface area contributed by atoms with Crippen LogP contribution in [0.2, 0.25) is 0 Å². The van der Waals surface area contributed by atoms with Crippen LogP contribution in [-0.4, -0.2) is 50.4 Å². The summed E-state index contributed by atoms with van der Waals surface area (Å²) in [5.74, 6) is 0. The third-order valence-corrected chi connectivity index (χ3v) is 1.84. The average molecular weight is 170 g/mol. The van der Waals surface area contributed by atoms with Crippen LogP contribution < -0.4 is 0 Å². The normalized spacial score (nSPS) is 20.0. The third kappa shape index (κ3) is 3.59. The van der Waals surface area contributed by atoms with Crippen molar-refractivity contribution in [2.24, 2.45) is 4.99 Å². The highest BCUT2D eigenvalue weighted by Crippen LogP contribution is 1.96. The van der Waals surface area contributed by atoms with Crippen LogP contribution in [0.15, 0.2) is 4.99 Å². The molecule has 0 atom stereocenters. The fourth-order valence-corrected chi connectivity index (χ4v) is 1.18. The molecule has 0 N–H and O–H groups in total. The summed E-state index contributed by atoms with van der Waals surface area (Å²) < 4.78 is 5.20. The minimum atomic E-state index is 0.569. The van der Waals surface area contributed by atoms with E-state index in [-0.39, 0.29) is 0 Å². The summed E-state index contributed by atoms with van der Waals surface area (Å²) in [7, 11) is 0. The van der Waals surface area contributed by atoms with Gasteiger partial charge in [0.15, 0.2) is 0 Å². The maximum atomic E-state index is 9.82. The van der Waals surface area contributed by atoms with Crippen LogP contribution in [0.25, 0.3) is 0 Å². The van der Waals surface area contributed by atoms with Crippen LogP contribution in [0.1, 0.15) is 6.42 Å². The molecule has 0 aromatic heterocycles. The van der Waals surface area contributed by atoms with Gasteiger partial charge in [0, 0.05) is 25.8 Å². The fourth-order valence-electron chi connectivity index (χ4n) is 1.18. The number of amides is 1. The van der Waals surface area contributed by atoms with Crippen molar-refractivity contribution < 1.29 is 9.53 Å². The highest BCUT2D eigenvalue weighted by Gasteiger charge is 2.07. The number of rotatable bonds is 4. The Hall–Kier alpha value is -0.740. The molecule has 68 valence electrons. The van der Waals surface area contributed by atoms with Crippen LogP contribution >= 0.6 is 0 Å². The molecule has 0 aliphatic carbocycles. The number of hydrogen-bond donors (Lipinski definition) is 0. The molecule has 0 saturated carbocycles. The van der Waals surface area contributed by atoms with Gasteiger partial charge in [-0.15, -0.1) is 0 Å². The van der Waals surface area contributed by atoms with Gasteiger partial charge in [-0.25, -0.2) is 4.99 Å². The summed E-state index contributed by atoms with van der Waals surface area (Å²) in [6, 6.07) is 0. The second kappa shape index (κ2) is 5.85. The van der Waals surface area contributed by atoms with Crippen molar-refractivity contribution in [3.05, 3.63) is 0 Å². The van der Waals surface area contributed by atoms with Gasteiger partial charge in [0.2, 0.25) is 6.41 Å². The molecule has 1 saturated heterocycles. The Labute approximate surface area is 72.2 Å². The van der Waals surface area contributed by atoms with E-state index < -0.39 is 0 Å². The molecule has 1 aliphatic rings. The Bertz CT molecular complexity index is 153. The number of aliphatic imine (C=N–C) groups is 1. The van der Waals surface area contributed by atoms with Crippen molar-refractivity contribution in [3.63, 3.8) is 0 Å². The number of carbonyl (C=O) groups is 1. The lowest BCUT2D eigenvalue weighted by molar-refractivity contribution is -0.106. The topological polar surface area (TPSA) is 41.9 Å². The molecule has 0 bridgehead atoms. The standard InChI is InChI=1S/C8H14N2O2/c11-8-9-2-1-3-10-4-6-12-7-5-10/h2,8H,1,3-7H2. The summed E-state index contributed by atoms with van der Waals surface area (Å²) in [4.78, 5) is 15.6. The van der Waals surface area contributed by atoms with Crippen molar-refractivity contribution >= 4 is 12.6 Å². The van der Waals surface area contributed by atoms with E-state index in [1.165, 1.54) is 0 Å². The van der Waals surface area contributed by atoms with Crippen molar-refractivity contribution in [1.82, 2.24) is 4.90 Å². The summed E-state index contributed by atoms with van der Waals surface area (Å²) in [5, 5.41) is 0. The molecule has 1 rings (SSSR count). The summed E-state index contributed by atoms with van der Waals surface area (Å²) in [6.45, 7) is 4.61. The van der Waals surface area contributed by atoms with E-state index in [0.717, 1.165) is 39.3 Å². The van der Waals surface area contributed by atoms with Crippen LogP contribution in [0.4, 0.5) is 0 Å². The maximum absolute atomic E-state index is 9.82. The number of morpholine rings is 1. The molecule has 0 spiro atoms. The lowest BCUT2D eigenvalue weighted by Crippen LogP contribution is -2.36. The summed E-state index contributed by atoms with van der Waals surface area (Å²) >= 11 is 0. The SMILES string of the molecule is O=CN=CCCN1CCOCC1. The van der Waals surface area contributed by atoms with Crippen LogP contribution in [0.3, 0.4) is 0 Å². The second-order valence-electron chi connectivity index (χ2n) is 2.68. The van der Waals surface area contributed by atoms with Gasteiger partial charge in [-0.2, -0.15) is 0 Å². The molecule has 1 heterocycles. The molecule has 4 heteroatoms. The predicted octanol–water partition coefficient (Wildman–Crippen LogP) is -0.0641. The van der Waals surface area contributed by atoms with Gasteiger partial charge in [0.05, 0.1) is 13.2 Å². The van der Waals surface area contributed by atoms with E-state index in [9.17, 15) is 4.79 Å². The van der Waals surface area contributed by atoms with Gasteiger partial charge >= 0.3 is 0 Å². The van der Waals surface area contributed by atoms with Crippen molar-refractivity contribution in [2.45, 2.75) is 6.42 Å². The van der Waals surface area contributed by atoms with Crippen LogP contribution in [-0.2, 0) is 9.53 Å². The van der Waals surface area contributed by atoms with Gasteiger partial charge < -0.3 is 4.74 Å². The van der Waals surface area contributed by atoms with E-state index >= 15 is 0 Å². The molecule has 1 fully saturated rings. The quantitative estimate of drug-likeness (QED) is 0.438. The smallest absolute Gasteiger partial charge is 0.232 e. The van der Waals surface area contributed by atoms with E-state index in [0.29, 0.717) is 6.41 Å². The monoisotopic (exact) mass is 170 g/mol. The zero-order valence-corrected chi connectivity index (χ0v) is 7.11. The molecule has 0 aromatic rings. The highest BCUT2D eigenvalue weighted by molar-refractivity contribution is 5.69. The van der Waals surface area contributed by atoms with Gasteiger partial charge in [-0.3, -0.25) is 9.69 Å².